The van der Waals surface area contributed by atoms with E-state index in [9.17, 15) is 4.79 Å². The third-order valence-corrected chi connectivity index (χ3v) is 3.42. The normalized spacial score (nSPS) is 10.8. The lowest BCUT2D eigenvalue weighted by Gasteiger charge is -2.11. The van der Waals surface area contributed by atoms with E-state index in [2.05, 4.69) is 10.6 Å². The number of hydrogen-bond donors (Lipinski definition) is 2. The van der Waals surface area contributed by atoms with Crippen molar-refractivity contribution in [2.45, 2.75) is 46.4 Å². The quantitative estimate of drug-likeness (QED) is 0.713. The topological polar surface area (TPSA) is 59.6 Å². The summed E-state index contributed by atoms with van der Waals surface area (Å²) in [7, 11) is 0. The molecule has 26 heavy (non-hydrogen) atoms. The molecule has 5 heteroatoms. The summed E-state index contributed by atoms with van der Waals surface area (Å²) in [5.41, 5.74) is 1.85. The largest absolute Gasteiger partial charge is 0.491 e. The Morgan fingerprint density at radius 3 is 1.85 bits per heavy atom. The van der Waals surface area contributed by atoms with Crippen molar-refractivity contribution < 1.29 is 14.3 Å². The predicted octanol–water partition coefficient (Wildman–Crippen LogP) is 3.99. The second-order valence-electron chi connectivity index (χ2n) is 6.65. The molecular weight excluding hydrogens is 328 g/mol. The van der Waals surface area contributed by atoms with Gasteiger partial charge in [-0.1, -0.05) is 12.1 Å². The minimum Gasteiger partial charge on any atom is -0.491 e. The number of anilines is 1. The number of ether oxygens (including phenoxy) is 2. The molecular formula is C21H28N2O3. The summed E-state index contributed by atoms with van der Waals surface area (Å²) in [6, 6.07) is 15.3. The summed E-state index contributed by atoms with van der Waals surface area (Å²) < 4.78 is 11.2. The number of benzene rings is 2. The molecule has 0 atom stereocenters. The fourth-order valence-corrected chi connectivity index (χ4v) is 2.37. The third kappa shape index (κ3) is 7.15. The Balaban J connectivity index is 1.73. The van der Waals surface area contributed by atoms with Crippen LogP contribution in [0.1, 0.15) is 33.3 Å². The van der Waals surface area contributed by atoms with E-state index in [0.717, 1.165) is 22.7 Å². The smallest absolute Gasteiger partial charge is 0.238 e. The molecule has 2 aromatic carbocycles. The van der Waals surface area contributed by atoms with E-state index in [4.69, 9.17) is 9.47 Å². The molecule has 0 aromatic heterocycles. The molecule has 2 N–H and O–H groups in total. The first kappa shape index (κ1) is 19.8. The molecule has 0 aliphatic carbocycles. The molecule has 0 bridgehead atoms. The first-order chi connectivity index (χ1) is 12.4. The van der Waals surface area contributed by atoms with Gasteiger partial charge in [-0.25, -0.2) is 0 Å². The molecule has 140 valence electrons. The van der Waals surface area contributed by atoms with Crippen molar-refractivity contribution >= 4 is 11.6 Å². The molecule has 1 amide bonds. The Morgan fingerprint density at radius 2 is 1.35 bits per heavy atom. The van der Waals surface area contributed by atoms with Crippen LogP contribution in [0.2, 0.25) is 0 Å². The number of amides is 1. The van der Waals surface area contributed by atoms with Crippen molar-refractivity contribution in [3.63, 3.8) is 0 Å². The molecule has 0 heterocycles. The predicted molar refractivity (Wildman–Crippen MR) is 105 cm³/mol. The minimum atomic E-state index is -0.0812. The fourth-order valence-electron chi connectivity index (χ4n) is 2.37. The molecule has 5 nitrogen and oxygen atoms in total. The SMILES string of the molecule is CC(C)Oc1ccc(CNCC(=O)Nc2ccc(OC(C)C)cc2)cc1. The summed E-state index contributed by atoms with van der Waals surface area (Å²) in [5.74, 6) is 1.56. The maximum Gasteiger partial charge on any atom is 0.238 e. The Morgan fingerprint density at radius 1 is 0.846 bits per heavy atom. The lowest BCUT2D eigenvalue weighted by Crippen LogP contribution is -2.27. The zero-order valence-electron chi connectivity index (χ0n) is 15.9. The van der Waals surface area contributed by atoms with Crippen LogP contribution in [0.3, 0.4) is 0 Å². The summed E-state index contributed by atoms with van der Waals surface area (Å²) in [4.78, 5) is 12.0. The van der Waals surface area contributed by atoms with Gasteiger partial charge in [0.15, 0.2) is 0 Å². The van der Waals surface area contributed by atoms with Gasteiger partial charge in [-0.15, -0.1) is 0 Å². The van der Waals surface area contributed by atoms with Gasteiger partial charge in [0, 0.05) is 12.2 Å². The van der Waals surface area contributed by atoms with E-state index in [1.165, 1.54) is 0 Å². The fraction of sp³-hybridized carbons (Fsp3) is 0.381. The molecule has 0 aliphatic rings. The molecule has 0 saturated heterocycles. The first-order valence-electron chi connectivity index (χ1n) is 8.95. The van der Waals surface area contributed by atoms with Gasteiger partial charge in [-0.3, -0.25) is 4.79 Å². The lowest BCUT2D eigenvalue weighted by atomic mass is 10.2. The van der Waals surface area contributed by atoms with Crippen LogP contribution in [0.4, 0.5) is 5.69 Å². The molecule has 0 saturated carbocycles. The van der Waals surface area contributed by atoms with E-state index in [0.29, 0.717) is 6.54 Å². The number of nitrogens with one attached hydrogen (secondary N) is 2. The van der Waals surface area contributed by atoms with E-state index in [1.54, 1.807) is 0 Å². The highest BCUT2D eigenvalue weighted by molar-refractivity contribution is 5.92. The zero-order chi connectivity index (χ0) is 18.9. The highest BCUT2D eigenvalue weighted by Crippen LogP contribution is 2.17. The van der Waals surface area contributed by atoms with Crippen LogP contribution in [-0.2, 0) is 11.3 Å². The monoisotopic (exact) mass is 356 g/mol. The Labute approximate surface area is 155 Å². The van der Waals surface area contributed by atoms with Crippen molar-refractivity contribution in [2.75, 3.05) is 11.9 Å². The second-order valence-corrected chi connectivity index (χ2v) is 6.65. The summed E-state index contributed by atoms with van der Waals surface area (Å²) in [5, 5.41) is 6.00. The van der Waals surface area contributed by atoms with Crippen LogP contribution < -0.4 is 20.1 Å². The van der Waals surface area contributed by atoms with Crippen LogP contribution in [0, 0.1) is 0 Å². The number of rotatable bonds is 9. The van der Waals surface area contributed by atoms with Crippen LogP contribution in [0.15, 0.2) is 48.5 Å². The Hall–Kier alpha value is -2.53. The van der Waals surface area contributed by atoms with Gasteiger partial charge in [-0.05, 0) is 69.7 Å². The summed E-state index contributed by atoms with van der Waals surface area (Å²) >= 11 is 0. The van der Waals surface area contributed by atoms with Crippen LogP contribution in [0.5, 0.6) is 11.5 Å². The maximum absolute atomic E-state index is 12.0. The van der Waals surface area contributed by atoms with E-state index in [-0.39, 0.29) is 24.7 Å². The number of hydrogen-bond acceptors (Lipinski definition) is 4. The molecule has 0 aliphatic heterocycles. The molecule has 0 fully saturated rings. The number of carbonyl (C=O) groups excluding carboxylic acids is 1. The van der Waals surface area contributed by atoms with E-state index >= 15 is 0 Å². The van der Waals surface area contributed by atoms with Crippen molar-refractivity contribution in [1.82, 2.24) is 5.32 Å². The second kappa shape index (κ2) is 9.82. The molecule has 2 aromatic rings. The summed E-state index contributed by atoms with van der Waals surface area (Å²) in [6.45, 7) is 8.82. The van der Waals surface area contributed by atoms with Crippen molar-refractivity contribution in [3.05, 3.63) is 54.1 Å². The van der Waals surface area contributed by atoms with Crippen molar-refractivity contribution in [2.24, 2.45) is 0 Å². The van der Waals surface area contributed by atoms with E-state index < -0.39 is 0 Å². The third-order valence-electron chi connectivity index (χ3n) is 3.42. The van der Waals surface area contributed by atoms with Gasteiger partial charge in [0.2, 0.25) is 5.91 Å². The standard InChI is InChI=1S/C21H28N2O3/c1-15(2)25-19-9-5-17(6-10-19)13-22-14-21(24)23-18-7-11-20(12-8-18)26-16(3)4/h5-12,15-16,22H,13-14H2,1-4H3,(H,23,24). The van der Waals surface area contributed by atoms with Gasteiger partial charge >= 0.3 is 0 Å². The molecule has 0 radical (unpaired) electrons. The average molecular weight is 356 g/mol. The first-order valence-corrected chi connectivity index (χ1v) is 8.95. The highest BCUT2D eigenvalue weighted by atomic mass is 16.5. The zero-order valence-corrected chi connectivity index (χ0v) is 15.9. The number of carbonyl (C=O) groups is 1. The van der Waals surface area contributed by atoms with Crippen LogP contribution in [0.25, 0.3) is 0 Å². The van der Waals surface area contributed by atoms with Crippen molar-refractivity contribution in [3.8, 4) is 11.5 Å². The average Bonchev–Trinajstić information content (AvgIpc) is 2.57. The van der Waals surface area contributed by atoms with Crippen LogP contribution in [-0.4, -0.2) is 24.7 Å². The lowest BCUT2D eigenvalue weighted by molar-refractivity contribution is -0.115. The highest BCUT2D eigenvalue weighted by Gasteiger charge is 2.04. The Bertz CT molecular complexity index is 679. The van der Waals surface area contributed by atoms with Gasteiger partial charge in [0.05, 0.1) is 18.8 Å². The summed E-state index contributed by atoms with van der Waals surface area (Å²) in [6.07, 6.45) is 0.291. The molecule has 0 spiro atoms. The van der Waals surface area contributed by atoms with E-state index in [1.807, 2.05) is 76.2 Å². The van der Waals surface area contributed by atoms with Gasteiger partial charge < -0.3 is 20.1 Å². The minimum absolute atomic E-state index is 0.0812. The Kier molecular flexibility index (Phi) is 7.48. The molecule has 2 rings (SSSR count). The van der Waals surface area contributed by atoms with Gasteiger partial charge in [0.1, 0.15) is 11.5 Å². The maximum atomic E-state index is 12.0. The van der Waals surface area contributed by atoms with Crippen LogP contribution >= 0.6 is 0 Å². The van der Waals surface area contributed by atoms with Gasteiger partial charge in [-0.2, -0.15) is 0 Å². The van der Waals surface area contributed by atoms with Gasteiger partial charge in [0.25, 0.3) is 0 Å². The van der Waals surface area contributed by atoms with Crippen molar-refractivity contribution in [1.29, 1.82) is 0 Å². The molecule has 0 unspecified atom stereocenters.